The number of hydrogen-bond acceptors (Lipinski definition) is 5. The summed E-state index contributed by atoms with van der Waals surface area (Å²) in [6.07, 6.45) is 0. The zero-order valence-electron chi connectivity index (χ0n) is 5.59. The number of rotatable bonds is 3. The van der Waals surface area contributed by atoms with Crippen molar-refractivity contribution in [3.63, 3.8) is 0 Å². The van der Waals surface area contributed by atoms with Crippen LogP contribution in [0.4, 0.5) is 4.79 Å². The summed E-state index contributed by atoms with van der Waals surface area (Å²) in [6, 6.07) is -1.42. The molecule has 0 heterocycles. The Morgan fingerprint density at radius 1 is 1.33 bits per heavy atom. The van der Waals surface area contributed by atoms with Crippen LogP contribution in [0.25, 0.3) is 0 Å². The Hall–Kier alpha value is -0.870. The summed E-state index contributed by atoms with van der Waals surface area (Å²) < 4.78 is 50.3. The lowest BCUT2D eigenvalue weighted by Gasteiger charge is -2.00. The maximum absolute atomic E-state index is 10.5. The van der Waals surface area contributed by atoms with Crippen LogP contribution in [0.15, 0.2) is 0 Å². The van der Waals surface area contributed by atoms with Gasteiger partial charge in [0.2, 0.25) is 0 Å². The smallest absolute Gasteiger partial charge is 0.325 e. The van der Waals surface area contributed by atoms with Crippen molar-refractivity contribution in [2.45, 2.75) is 0 Å². The summed E-state index contributed by atoms with van der Waals surface area (Å²) in [5, 5.41) is -1.59. The third-order valence-corrected chi connectivity index (χ3v) is 3.51. The van der Waals surface area contributed by atoms with Crippen molar-refractivity contribution < 1.29 is 26.2 Å². The lowest BCUT2D eigenvalue weighted by molar-refractivity contribution is 0.253. The molecule has 0 radical (unpaired) electrons. The van der Waals surface area contributed by atoms with Crippen LogP contribution in [0.1, 0.15) is 0 Å². The second-order valence-corrected chi connectivity index (χ2v) is 5.32. The van der Waals surface area contributed by atoms with E-state index < -0.39 is 31.3 Å². The molecule has 0 atom stereocenters. The highest BCUT2D eigenvalue weighted by Crippen LogP contribution is 1.90. The second kappa shape index (κ2) is 3.25. The normalized spacial score (nSPS) is 12.4. The van der Waals surface area contributed by atoms with E-state index in [4.69, 9.17) is 4.55 Å². The number of nitrogens with one attached hydrogen (secondary N) is 1. The van der Waals surface area contributed by atoms with Crippen LogP contribution in [0, 0.1) is 0 Å². The van der Waals surface area contributed by atoms with Gasteiger partial charge in [0, 0.05) is 0 Å². The molecular formula is C2H6N2O6S2. The fraction of sp³-hybridized carbons (Fsp3) is 0.500. The van der Waals surface area contributed by atoms with Crippen LogP contribution in [0.5, 0.6) is 0 Å². The monoisotopic (exact) mass is 218 g/mol. The van der Waals surface area contributed by atoms with E-state index in [1.165, 1.54) is 0 Å². The lowest BCUT2D eigenvalue weighted by atomic mass is 11.2. The van der Waals surface area contributed by atoms with Gasteiger partial charge in [0.05, 0.1) is 0 Å². The summed E-state index contributed by atoms with van der Waals surface area (Å²) in [5.74, 6) is 0. The summed E-state index contributed by atoms with van der Waals surface area (Å²) in [5.41, 5.74) is 4.39. The van der Waals surface area contributed by atoms with E-state index in [1.807, 2.05) is 0 Å². The number of hydrogen-bond donors (Lipinski definition) is 3. The molecule has 0 rings (SSSR count). The zero-order valence-corrected chi connectivity index (χ0v) is 7.22. The number of primary amides is 1. The van der Waals surface area contributed by atoms with E-state index in [-0.39, 0.29) is 0 Å². The Bertz CT molecular complexity index is 364. The summed E-state index contributed by atoms with van der Waals surface area (Å²) in [7, 11) is -9.09. The molecule has 0 bridgehead atoms. The topological polar surface area (TPSA) is 144 Å². The van der Waals surface area contributed by atoms with Gasteiger partial charge in [-0.25, -0.2) is 17.9 Å². The Labute approximate surface area is 68.5 Å². The minimum absolute atomic E-state index is 1.15. The Morgan fingerprint density at radius 3 is 2.00 bits per heavy atom. The third kappa shape index (κ3) is 5.88. The van der Waals surface area contributed by atoms with Crippen molar-refractivity contribution in [3.8, 4) is 0 Å². The maximum Gasteiger partial charge on any atom is 0.325 e. The fourth-order valence-corrected chi connectivity index (χ4v) is 2.49. The molecule has 0 aromatic heterocycles. The molecule has 72 valence electrons. The van der Waals surface area contributed by atoms with Gasteiger partial charge in [-0.3, -0.25) is 4.55 Å². The largest absolute Gasteiger partial charge is 0.351 e. The van der Waals surface area contributed by atoms with Crippen molar-refractivity contribution in [1.82, 2.24) is 4.72 Å². The Morgan fingerprint density at radius 2 is 1.75 bits per heavy atom. The first-order chi connectivity index (χ1) is 5.12. The van der Waals surface area contributed by atoms with Crippen LogP contribution in [0.2, 0.25) is 0 Å². The number of nitrogens with two attached hydrogens (primary N) is 1. The molecule has 2 amide bonds. The van der Waals surface area contributed by atoms with Crippen LogP contribution in [-0.2, 0) is 20.1 Å². The van der Waals surface area contributed by atoms with Gasteiger partial charge in [-0.2, -0.15) is 8.42 Å². The molecule has 0 aliphatic carbocycles. The average Bonchev–Trinajstić information content (AvgIpc) is 1.48. The predicted octanol–water partition coefficient (Wildman–Crippen LogP) is -2.17. The summed E-state index contributed by atoms with van der Waals surface area (Å²) in [6.45, 7) is 0. The highest BCUT2D eigenvalue weighted by Gasteiger charge is 2.20. The van der Waals surface area contributed by atoms with E-state index in [1.54, 1.807) is 0 Å². The quantitative estimate of drug-likeness (QED) is 0.460. The van der Waals surface area contributed by atoms with Crippen molar-refractivity contribution in [3.05, 3.63) is 0 Å². The number of urea groups is 1. The highest BCUT2D eigenvalue weighted by atomic mass is 32.3. The van der Waals surface area contributed by atoms with Gasteiger partial charge in [-0.05, 0) is 0 Å². The van der Waals surface area contributed by atoms with Crippen LogP contribution in [-0.4, -0.2) is 32.5 Å². The maximum atomic E-state index is 10.5. The van der Waals surface area contributed by atoms with Gasteiger partial charge in [0.25, 0.3) is 20.1 Å². The minimum Gasteiger partial charge on any atom is -0.351 e. The number of amides is 2. The van der Waals surface area contributed by atoms with E-state index in [0.29, 0.717) is 0 Å². The van der Waals surface area contributed by atoms with Gasteiger partial charge >= 0.3 is 6.03 Å². The molecule has 0 unspecified atom stereocenters. The molecule has 0 saturated heterocycles. The van der Waals surface area contributed by atoms with Crippen molar-refractivity contribution in [2.24, 2.45) is 5.73 Å². The average molecular weight is 218 g/mol. The number of carbonyl (C=O) groups excluding carboxylic acids is 1. The standard InChI is InChI=1S/C2H6N2O6S2/c3-2(5)4-11(6,7)1-12(8,9)10/h1H2,(H3,3,4,5)(H,8,9,10). The van der Waals surface area contributed by atoms with Crippen LogP contribution in [0.3, 0.4) is 0 Å². The second-order valence-electron chi connectivity index (χ2n) is 1.78. The molecule has 12 heavy (non-hydrogen) atoms. The first kappa shape index (κ1) is 11.1. The van der Waals surface area contributed by atoms with Gasteiger partial charge in [-0.15, -0.1) is 0 Å². The lowest BCUT2D eigenvalue weighted by Crippen LogP contribution is -2.38. The molecule has 0 aromatic rings. The molecule has 8 nitrogen and oxygen atoms in total. The molecule has 0 fully saturated rings. The fourth-order valence-electron chi connectivity index (χ4n) is 0.379. The molecule has 10 heteroatoms. The van der Waals surface area contributed by atoms with E-state index in [2.05, 4.69) is 5.73 Å². The molecule has 0 saturated carbocycles. The van der Waals surface area contributed by atoms with Crippen LogP contribution < -0.4 is 10.5 Å². The summed E-state index contributed by atoms with van der Waals surface area (Å²) >= 11 is 0. The van der Waals surface area contributed by atoms with Gasteiger partial charge in [0.15, 0.2) is 5.08 Å². The van der Waals surface area contributed by atoms with E-state index in [9.17, 15) is 21.6 Å². The van der Waals surface area contributed by atoms with E-state index >= 15 is 0 Å². The van der Waals surface area contributed by atoms with Gasteiger partial charge < -0.3 is 5.73 Å². The van der Waals surface area contributed by atoms with Gasteiger partial charge in [0.1, 0.15) is 0 Å². The Kier molecular flexibility index (Phi) is 3.01. The van der Waals surface area contributed by atoms with Crippen molar-refractivity contribution >= 4 is 26.2 Å². The van der Waals surface area contributed by atoms with Crippen LogP contribution >= 0.6 is 0 Å². The third-order valence-electron chi connectivity index (χ3n) is 0.560. The molecule has 0 aliphatic heterocycles. The highest BCUT2D eigenvalue weighted by molar-refractivity contribution is 8.04. The summed E-state index contributed by atoms with van der Waals surface area (Å²) in [4.78, 5) is 9.96. The first-order valence-corrected chi connectivity index (χ1v) is 5.63. The molecule has 0 aromatic carbocycles. The van der Waals surface area contributed by atoms with Crippen molar-refractivity contribution in [2.75, 3.05) is 5.08 Å². The van der Waals surface area contributed by atoms with Crippen molar-refractivity contribution in [1.29, 1.82) is 0 Å². The number of sulfonamides is 1. The molecule has 4 N–H and O–H groups in total. The zero-order chi connectivity index (χ0) is 9.99. The SMILES string of the molecule is NC(=O)NS(=O)(=O)CS(=O)(=O)O. The Balaban J connectivity index is 4.58. The first-order valence-electron chi connectivity index (χ1n) is 2.37. The molecule has 0 aliphatic rings. The van der Waals surface area contributed by atoms with E-state index in [0.717, 1.165) is 4.72 Å². The minimum atomic E-state index is -4.69. The molecule has 0 spiro atoms. The number of carbonyl (C=O) groups is 1. The predicted molar refractivity (Wildman–Crippen MR) is 38.1 cm³/mol. The molecular weight excluding hydrogens is 212 g/mol. The van der Waals surface area contributed by atoms with Gasteiger partial charge in [-0.1, -0.05) is 0 Å².